The molecule has 0 unspecified atom stereocenters. The molecule has 1 saturated heterocycles. The number of piperidine rings is 1. The number of nitrogens with zero attached hydrogens (tertiary/aromatic N) is 3. The van der Waals surface area contributed by atoms with E-state index < -0.39 is 0 Å². The number of amides is 1. The lowest BCUT2D eigenvalue weighted by Gasteiger charge is -2.31. The van der Waals surface area contributed by atoms with E-state index in [0.29, 0.717) is 17.4 Å². The summed E-state index contributed by atoms with van der Waals surface area (Å²) in [5, 5.41) is 7.59. The van der Waals surface area contributed by atoms with Crippen LogP contribution in [0.25, 0.3) is 0 Å². The maximum Gasteiger partial charge on any atom is 0.239 e. The third kappa shape index (κ3) is 4.49. The highest BCUT2D eigenvalue weighted by Crippen LogP contribution is 2.26. The van der Waals surface area contributed by atoms with Gasteiger partial charge in [-0.3, -0.25) is 14.4 Å². The summed E-state index contributed by atoms with van der Waals surface area (Å²) in [6, 6.07) is 9.29. The van der Waals surface area contributed by atoms with Crippen molar-refractivity contribution in [3.8, 4) is 5.75 Å². The van der Waals surface area contributed by atoms with Gasteiger partial charge in [0.15, 0.2) is 5.82 Å². The van der Waals surface area contributed by atoms with Gasteiger partial charge in [-0.05, 0) is 25.0 Å². The van der Waals surface area contributed by atoms with Crippen molar-refractivity contribution in [3.05, 3.63) is 41.6 Å². The number of halogens is 1. The Morgan fingerprint density at radius 2 is 2.08 bits per heavy atom. The number of aryl methyl sites for hydroxylation is 1. The number of benzene rings is 1. The van der Waals surface area contributed by atoms with Crippen molar-refractivity contribution in [3.63, 3.8) is 0 Å². The van der Waals surface area contributed by atoms with Gasteiger partial charge in [0.1, 0.15) is 11.9 Å². The number of aromatic nitrogens is 2. The first kappa shape index (κ1) is 16.8. The SMILES string of the molecule is Cn1ccc(NC(=O)CN2CCC(Oc3ccccc3Cl)CC2)n1. The molecule has 2 heterocycles. The van der Waals surface area contributed by atoms with Crippen molar-refractivity contribution < 1.29 is 9.53 Å². The van der Waals surface area contributed by atoms with Gasteiger partial charge in [0.05, 0.1) is 11.6 Å². The maximum atomic E-state index is 12.1. The third-order valence-corrected chi connectivity index (χ3v) is 4.33. The molecule has 24 heavy (non-hydrogen) atoms. The van der Waals surface area contributed by atoms with E-state index in [1.165, 1.54) is 0 Å². The molecular weight excluding hydrogens is 328 g/mol. The van der Waals surface area contributed by atoms with Crippen LogP contribution in [0.2, 0.25) is 5.02 Å². The van der Waals surface area contributed by atoms with Crippen molar-refractivity contribution in [1.29, 1.82) is 0 Å². The Labute approximate surface area is 146 Å². The van der Waals surface area contributed by atoms with Gasteiger partial charge in [0.2, 0.25) is 5.91 Å². The van der Waals surface area contributed by atoms with Crippen LogP contribution in [0.5, 0.6) is 5.75 Å². The zero-order valence-corrected chi connectivity index (χ0v) is 14.4. The van der Waals surface area contributed by atoms with Gasteiger partial charge in [-0.15, -0.1) is 0 Å². The minimum atomic E-state index is -0.0424. The molecule has 1 amide bonds. The Bertz CT molecular complexity index is 695. The molecule has 1 aromatic heterocycles. The van der Waals surface area contributed by atoms with E-state index in [1.807, 2.05) is 31.3 Å². The molecule has 6 nitrogen and oxygen atoms in total. The average molecular weight is 349 g/mol. The van der Waals surface area contributed by atoms with Crippen LogP contribution in [-0.4, -0.2) is 46.3 Å². The Morgan fingerprint density at radius 3 is 2.75 bits per heavy atom. The Kier molecular flexibility index (Phi) is 5.37. The smallest absolute Gasteiger partial charge is 0.239 e. The lowest BCUT2D eigenvalue weighted by molar-refractivity contribution is -0.117. The van der Waals surface area contributed by atoms with Crippen LogP contribution in [0.3, 0.4) is 0 Å². The summed E-state index contributed by atoms with van der Waals surface area (Å²) in [6.45, 7) is 2.02. The number of nitrogens with one attached hydrogen (secondary N) is 1. The summed E-state index contributed by atoms with van der Waals surface area (Å²) in [5.41, 5.74) is 0. The molecule has 1 aliphatic rings. The highest BCUT2D eigenvalue weighted by molar-refractivity contribution is 6.32. The number of hydrogen-bond donors (Lipinski definition) is 1. The second-order valence-electron chi connectivity index (χ2n) is 5.95. The van der Waals surface area contributed by atoms with Crippen molar-refractivity contribution in [2.75, 3.05) is 25.0 Å². The van der Waals surface area contributed by atoms with Gasteiger partial charge in [-0.25, -0.2) is 0 Å². The van der Waals surface area contributed by atoms with Gasteiger partial charge in [-0.1, -0.05) is 23.7 Å². The maximum absolute atomic E-state index is 12.1. The lowest BCUT2D eigenvalue weighted by Crippen LogP contribution is -2.42. The summed E-state index contributed by atoms with van der Waals surface area (Å²) >= 11 is 6.12. The minimum absolute atomic E-state index is 0.0424. The number of ether oxygens (including phenoxy) is 1. The molecule has 0 saturated carbocycles. The van der Waals surface area contributed by atoms with Gasteiger partial charge in [0, 0.05) is 32.4 Å². The molecule has 1 aliphatic heterocycles. The standard InChI is InChI=1S/C17H21ClN4O2/c1-21-9-8-16(20-21)19-17(23)12-22-10-6-13(7-11-22)24-15-5-3-2-4-14(15)18/h2-5,8-9,13H,6-7,10-12H2,1H3,(H,19,20,23). The number of likely N-dealkylation sites (tertiary alicyclic amines) is 1. The molecule has 128 valence electrons. The zero-order chi connectivity index (χ0) is 16.9. The molecule has 0 bridgehead atoms. The number of anilines is 1. The Balaban J connectivity index is 1.43. The van der Waals surface area contributed by atoms with Gasteiger partial charge in [0.25, 0.3) is 0 Å². The molecule has 1 aromatic carbocycles. The van der Waals surface area contributed by atoms with Crippen LogP contribution < -0.4 is 10.1 Å². The van der Waals surface area contributed by atoms with Crippen molar-refractivity contribution in [1.82, 2.24) is 14.7 Å². The van der Waals surface area contributed by atoms with E-state index >= 15 is 0 Å². The predicted octanol–water partition coefficient (Wildman–Crippen LogP) is 2.56. The van der Waals surface area contributed by atoms with Crippen molar-refractivity contribution in [2.45, 2.75) is 18.9 Å². The largest absolute Gasteiger partial charge is 0.489 e. The average Bonchev–Trinajstić information content (AvgIpc) is 2.96. The van der Waals surface area contributed by atoms with Crippen LogP contribution in [0.4, 0.5) is 5.82 Å². The summed E-state index contributed by atoms with van der Waals surface area (Å²) in [5.74, 6) is 1.27. The van der Waals surface area contributed by atoms with Gasteiger partial charge < -0.3 is 10.1 Å². The van der Waals surface area contributed by atoms with Crippen LogP contribution in [0, 0.1) is 0 Å². The minimum Gasteiger partial charge on any atom is -0.489 e. The molecule has 1 fully saturated rings. The van der Waals surface area contributed by atoms with Crippen molar-refractivity contribution >= 4 is 23.3 Å². The highest BCUT2D eigenvalue weighted by atomic mass is 35.5. The lowest BCUT2D eigenvalue weighted by atomic mass is 10.1. The Hall–Kier alpha value is -2.05. The summed E-state index contributed by atoms with van der Waals surface area (Å²) in [4.78, 5) is 14.2. The van der Waals surface area contributed by atoms with Gasteiger partial charge in [-0.2, -0.15) is 5.10 Å². The zero-order valence-electron chi connectivity index (χ0n) is 13.6. The molecule has 2 aromatic rings. The second kappa shape index (κ2) is 7.68. The third-order valence-electron chi connectivity index (χ3n) is 4.01. The van der Waals surface area contributed by atoms with Gasteiger partial charge >= 0.3 is 0 Å². The van der Waals surface area contributed by atoms with E-state index in [9.17, 15) is 4.79 Å². The topological polar surface area (TPSA) is 59.4 Å². The predicted molar refractivity (Wildman–Crippen MR) is 93.4 cm³/mol. The first-order valence-corrected chi connectivity index (χ1v) is 8.41. The van der Waals surface area contributed by atoms with Crippen LogP contribution in [0.1, 0.15) is 12.8 Å². The molecule has 0 spiro atoms. The number of hydrogen-bond acceptors (Lipinski definition) is 4. The number of para-hydroxylation sites is 1. The second-order valence-corrected chi connectivity index (χ2v) is 6.35. The fraction of sp³-hybridized carbons (Fsp3) is 0.412. The van der Waals surface area contributed by atoms with Crippen LogP contribution in [0.15, 0.2) is 36.5 Å². The molecule has 1 N–H and O–H groups in total. The molecule has 3 rings (SSSR count). The van der Waals surface area contributed by atoms with E-state index in [4.69, 9.17) is 16.3 Å². The van der Waals surface area contributed by atoms with Crippen LogP contribution >= 0.6 is 11.6 Å². The fourth-order valence-electron chi connectivity index (χ4n) is 2.77. The monoisotopic (exact) mass is 348 g/mol. The van der Waals surface area contributed by atoms with Crippen LogP contribution in [-0.2, 0) is 11.8 Å². The highest BCUT2D eigenvalue weighted by Gasteiger charge is 2.22. The van der Waals surface area contributed by atoms with E-state index in [-0.39, 0.29) is 12.0 Å². The summed E-state index contributed by atoms with van der Waals surface area (Å²) in [7, 11) is 1.82. The van der Waals surface area contributed by atoms with E-state index in [2.05, 4.69) is 15.3 Å². The Morgan fingerprint density at radius 1 is 1.33 bits per heavy atom. The first-order chi connectivity index (χ1) is 11.6. The van der Waals surface area contributed by atoms with Crippen molar-refractivity contribution in [2.24, 2.45) is 7.05 Å². The quantitative estimate of drug-likeness (QED) is 0.902. The van der Waals surface area contributed by atoms with E-state index in [0.717, 1.165) is 31.7 Å². The number of rotatable bonds is 5. The molecule has 0 atom stereocenters. The number of carbonyl (C=O) groups is 1. The van der Waals surface area contributed by atoms with E-state index in [1.54, 1.807) is 16.9 Å². The molecule has 0 aliphatic carbocycles. The fourth-order valence-corrected chi connectivity index (χ4v) is 2.95. The first-order valence-electron chi connectivity index (χ1n) is 8.03. The molecule has 0 radical (unpaired) electrons. The summed E-state index contributed by atoms with van der Waals surface area (Å²) in [6.07, 6.45) is 3.69. The summed E-state index contributed by atoms with van der Waals surface area (Å²) < 4.78 is 7.63. The molecular formula is C17H21ClN4O2. The normalized spacial score (nSPS) is 16.1. The number of carbonyl (C=O) groups excluding carboxylic acids is 1. The molecule has 7 heteroatoms.